The molecule has 0 aliphatic rings. The second kappa shape index (κ2) is 15.2. The van der Waals surface area contributed by atoms with E-state index in [2.05, 4.69) is 6.92 Å². The molecule has 0 aromatic heterocycles. The van der Waals surface area contributed by atoms with Crippen LogP contribution in [0.2, 0.25) is 0 Å². The summed E-state index contributed by atoms with van der Waals surface area (Å²) in [5, 5.41) is 18.9. The van der Waals surface area contributed by atoms with Crippen molar-refractivity contribution in [3.05, 3.63) is 23.8 Å². The number of phenols is 2. The molecule has 1 atom stereocenters. The molecule has 0 saturated heterocycles. The molecule has 0 saturated carbocycles. The number of carbonyl (C=O) groups is 1. The van der Waals surface area contributed by atoms with Gasteiger partial charge in [0.05, 0.1) is 0 Å². The summed E-state index contributed by atoms with van der Waals surface area (Å²) in [6.45, 7) is 4.03. The van der Waals surface area contributed by atoms with Gasteiger partial charge in [-0.1, -0.05) is 90.0 Å². The van der Waals surface area contributed by atoms with Crippen molar-refractivity contribution in [2.24, 2.45) is 0 Å². The molecular formula is C24H40O4. The van der Waals surface area contributed by atoms with Crippen molar-refractivity contribution in [2.45, 2.75) is 110 Å². The van der Waals surface area contributed by atoms with E-state index < -0.39 is 6.10 Å². The number of unbranched alkanes of at least 4 members (excludes halogenated alkanes) is 12. The van der Waals surface area contributed by atoms with Crippen molar-refractivity contribution in [3.8, 4) is 11.5 Å². The Kier molecular flexibility index (Phi) is 13.2. The number of esters is 1. The summed E-state index contributed by atoms with van der Waals surface area (Å²) in [7, 11) is 0. The maximum Gasteiger partial charge on any atom is 0.306 e. The van der Waals surface area contributed by atoms with Gasteiger partial charge in [0.2, 0.25) is 0 Å². The highest BCUT2D eigenvalue weighted by Crippen LogP contribution is 2.29. The highest BCUT2D eigenvalue weighted by atomic mass is 16.5. The molecule has 1 aromatic rings. The van der Waals surface area contributed by atoms with Crippen LogP contribution in [0.4, 0.5) is 0 Å². The van der Waals surface area contributed by atoms with Crippen molar-refractivity contribution in [1.29, 1.82) is 0 Å². The van der Waals surface area contributed by atoms with E-state index >= 15 is 0 Å². The summed E-state index contributed by atoms with van der Waals surface area (Å²) in [6, 6.07) is 4.48. The van der Waals surface area contributed by atoms with E-state index in [1.165, 1.54) is 82.8 Å². The lowest BCUT2D eigenvalue weighted by Crippen LogP contribution is -2.08. The van der Waals surface area contributed by atoms with Gasteiger partial charge in [0, 0.05) is 6.42 Å². The number of aromatic hydroxyl groups is 2. The molecule has 0 amide bonds. The van der Waals surface area contributed by atoms with E-state index in [9.17, 15) is 15.0 Å². The SMILES string of the molecule is CCCCCCCCCCCCCCCC(=O)OC(C)c1ccc(O)c(O)c1. The summed E-state index contributed by atoms with van der Waals surface area (Å²) in [6.07, 6.45) is 16.7. The van der Waals surface area contributed by atoms with Crippen molar-refractivity contribution >= 4 is 5.97 Å². The van der Waals surface area contributed by atoms with Crippen LogP contribution in [-0.4, -0.2) is 16.2 Å². The van der Waals surface area contributed by atoms with Crippen LogP contribution in [0.3, 0.4) is 0 Å². The van der Waals surface area contributed by atoms with E-state index in [0.717, 1.165) is 12.8 Å². The molecule has 0 aliphatic heterocycles. The molecule has 0 spiro atoms. The maximum atomic E-state index is 11.9. The predicted molar refractivity (Wildman–Crippen MR) is 115 cm³/mol. The van der Waals surface area contributed by atoms with Gasteiger partial charge in [0.1, 0.15) is 6.10 Å². The molecule has 160 valence electrons. The molecule has 4 heteroatoms. The van der Waals surface area contributed by atoms with Crippen molar-refractivity contribution in [1.82, 2.24) is 0 Å². The summed E-state index contributed by atoms with van der Waals surface area (Å²) < 4.78 is 5.41. The normalized spacial score (nSPS) is 12.1. The van der Waals surface area contributed by atoms with Crippen LogP contribution in [0.15, 0.2) is 18.2 Å². The fourth-order valence-corrected chi connectivity index (χ4v) is 3.40. The van der Waals surface area contributed by atoms with Gasteiger partial charge in [-0.15, -0.1) is 0 Å². The van der Waals surface area contributed by atoms with E-state index in [-0.39, 0.29) is 17.5 Å². The van der Waals surface area contributed by atoms with E-state index in [4.69, 9.17) is 4.74 Å². The van der Waals surface area contributed by atoms with Crippen molar-refractivity contribution in [2.75, 3.05) is 0 Å². The van der Waals surface area contributed by atoms with Gasteiger partial charge in [-0.25, -0.2) is 0 Å². The first-order chi connectivity index (χ1) is 13.5. The zero-order valence-electron chi connectivity index (χ0n) is 17.9. The highest BCUT2D eigenvalue weighted by Gasteiger charge is 2.13. The van der Waals surface area contributed by atoms with E-state index in [0.29, 0.717) is 12.0 Å². The minimum atomic E-state index is -0.430. The molecule has 0 aliphatic carbocycles. The average molecular weight is 393 g/mol. The second-order valence-electron chi connectivity index (χ2n) is 7.87. The lowest BCUT2D eigenvalue weighted by Gasteiger charge is -2.14. The Bertz CT molecular complexity index is 541. The number of carbonyl (C=O) groups excluding carboxylic acids is 1. The van der Waals surface area contributed by atoms with Crippen LogP contribution in [-0.2, 0) is 9.53 Å². The molecule has 1 aromatic carbocycles. The molecular weight excluding hydrogens is 352 g/mol. The molecule has 0 heterocycles. The molecule has 0 radical (unpaired) electrons. The number of rotatable bonds is 16. The second-order valence-corrected chi connectivity index (χ2v) is 7.87. The van der Waals surface area contributed by atoms with Crippen molar-refractivity contribution < 1.29 is 19.7 Å². The third-order valence-corrected chi connectivity index (χ3v) is 5.26. The standard InChI is InChI=1S/C24H40O4/c1-3-4-5-6-7-8-9-10-11-12-13-14-15-16-24(27)28-20(2)21-17-18-22(25)23(26)19-21/h17-20,25-26H,3-16H2,1-2H3. The fourth-order valence-electron chi connectivity index (χ4n) is 3.40. The molecule has 0 bridgehead atoms. The average Bonchev–Trinajstić information content (AvgIpc) is 2.67. The topological polar surface area (TPSA) is 66.8 Å². The summed E-state index contributed by atoms with van der Waals surface area (Å²) in [5.41, 5.74) is 0.675. The van der Waals surface area contributed by atoms with Gasteiger partial charge >= 0.3 is 5.97 Å². The first-order valence-electron chi connectivity index (χ1n) is 11.3. The Morgan fingerprint density at radius 3 is 1.82 bits per heavy atom. The zero-order valence-corrected chi connectivity index (χ0v) is 17.9. The minimum absolute atomic E-state index is 0.172. The molecule has 1 unspecified atom stereocenters. The number of benzene rings is 1. The Morgan fingerprint density at radius 2 is 1.32 bits per heavy atom. The smallest absolute Gasteiger partial charge is 0.306 e. The van der Waals surface area contributed by atoms with Crippen LogP contribution >= 0.6 is 0 Å². The Balaban J connectivity index is 1.97. The van der Waals surface area contributed by atoms with Crippen molar-refractivity contribution in [3.63, 3.8) is 0 Å². The minimum Gasteiger partial charge on any atom is -0.504 e. The molecule has 28 heavy (non-hydrogen) atoms. The van der Waals surface area contributed by atoms with Gasteiger partial charge < -0.3 is 14.9 Å². The van der Waals surface area contributed by atoms with Crippen LogP contribution in [0.25, 0.3) is 0 Å². The first kappa shape index (κ1) is 24.3. The molecule has 4 nitrogen and oxygen atoms in total. The lowest BCUT2D eigenvalue weighted by molar-refractivity contribution is -0.148. The molecule has 0 fully saturated rings. The Labute approximate surface area is 171 Å². The van der Waals surface area contributed by atoms with Crippen LogP contribution in [0, 0.1) is 0 Å². The number of ether oxygens (including phenoxy) is 1. The molecule has 2 N–H and O–H groups in total. The fraction of sp³-hybridized carbons (Fsp3) is 0.708. The summed E-state index contributed by atoms with van der Waals surface area (Å²) in [5.74, 6) is -0.575. The van der Waals surface area contributed by atoms with Gasteiger partial charge in [-0.05, 0) is 31.0 Å². The predicted octanol–water partition coefficient (Wildman–Crippen LogP) is 7.18. The number of phenolic OH excluding ortho intramolecular Hbond substituents is 2. The zero-order chi connectivity index (χ0) is 20.6. The molecule has 1 rings (SSSR count). The van der Waals surface area contributed by atoms with Gasteiger partial charge in [-0.2, -0.15) is 0 Å². The third kappa shape index (κ3) is 11.2. The Hall–Kier alpha value is -1.71. The summed E-state index contributed by atoms with van der Waals surface area (Å²) in [4.78, 5) is 11.9. The van der Waals surface area contributed by atoms with Gasteiger partial charge in [0.25, 0.3) is 0 Å². The van der Waals surface area contributed by atoms with E-state index in [1.54, 1.807) is 13.0 Å². The van der Waals surface area contributed by atoms with Gasteiger partial charge in [0.15, 0.2) is 11.5 Å². The van der Waals surface area contributed by atoms with E-state index in [1.807, 2.05) is 0 Å². The van der Waals surface area contributed by atoms with Crippen LogP contribution in [0.1, 0.15) is 115 Å². The third-order valence-electron chi connectivity index (χ3n) is 5.26. The first-order valence-corrected chi connectivity index (χ1v) is 11.3. The highest BCUT2D eigenvalue weighted by molar-refractivity contribution is 5.69. The quantitative estimate of drug-likeness (QED) is 0.177. The summed E-state index contributed by atoms with van der Waals surface area (Å²) >= 11 is 0. The van der Waals surface area contributed by atoms with Crippen LogP contribution in [0.5, 0.6) is 11.5 Å². The Morgan fingerprint density at radius 1 is 0.821 bits per heavy atom. The number of hydrogen-bond acceptors (Lipinski definition) is 4. The maximum absolute atomic E-state index is 11.9. The largest absolute Gasteiger partial charge is 0.504 e. The monoisotopic (exact) mass is 392 g/mol. The number of hydrogen-bond donors (Lipinski definition) is 2. The van der Waals surface area contributed by atoms with Gasteiger partial charge in [-0.3, -0.25) is 4.79 Å². The van der Waals surface area contributed by atoms with Crippen LogP contribution < -0.4 is 0 Å². The lowest BCUT2D eigenvalue weighted by atomic mass is 10.0.